The van der Waals surface area contributed by atoms with Crippen LogP contribution in [0, 0.1) is 5.41 Å². The number of likely N-dealkylation sites (tertiary alicyclic amines) is 1. The molecule has 1 amide bonds. The molecule has 1 aliphatic heterocycles. The number of nitrogens with zero attached hydrogens (tertiary/aromatic N) is 1. The molecule has 5 nitrogen and oxygen atoms in total. The van der Waals surface area contributed by atoms with Crippen molar-refractivity contribution in [3.63, 3.8) is 0 Å². The highest BCUT2D eigenvalue weighted by Gasteiger charge is 2.50. The lowest BCUT2D eigenvalue weighted by molar-refractivity contribution is -0.162. The minimum Gasteiger partial charge on any atom is -0.480 e. The van der Waals surface area contributed by atoms with Crippen molar-refractivity contribution in [3.8, 4) is 0 Å². The van der Waals surface area contributed by atoms with Crippen LogP contribution in [0.1, 0.15) is 38.5 Å². The number of carboxylic acids is 1. The summed E-state index contributed by atoms with van der Waals surface area (Å²) in [4.78, 5) is 25.4. The molecule has 1 saturated carbocycles. The molecule has 2 N–H and O–H groups in total. The second kappa shape index (κ2) is 5.69. The standard InChI is InChI=1S/C13H22N2O3/c16-11(13(12(17)18)5-3-6-13)14-7-4-10-15-8-1-2-9-15/h1-10H2,(H,14,16)(H,17,18). The summed E-state index contributed by atoms with van der Waals surface area (Å²) in [7, 11) is 0. The Bertz CT molecular complexity index is 320. The largest absolute Gasteiger partial charge is 0.480 e. The summed E-state index contributed by atoms with van der Waals surface area (Å²) in [6.45, 7) is 3.91. The van der Waals surface area contributed by atoms with Crippen molar-refractivity contribution in [1.29, 1.82) is 0 Å². The molecule has 1 aliphatic carbocycles. The van der Waals surface area contributed by atoms with Gasteiger partial charge < -0.3 is 15.3 Å². The van der Waals surface area contributed by atoms with Crippen LogP contribution in [-0.2, 0) is 9.59 Å². The Morgan fingerprint density at radius 1 is 1.17 bits per heavy atom. The van der Waals surface area contributed by atoms with E-state index in [9.17, 15) is 9.59 Å². The molecular weight excluding hydrogens is 232 g/mol. The number of carbonyl (C=O) groups is 2. The predicted molar refractivity (Wildman–Crippen MR) is 67.2 cm³/mol. The fraction of sp³-hybridized carbons (Fsp3) is 0.846. The molecule has 5 heteroatoms. The van der Waals surface area contributed by atoms with Gasteiger partial charge in [-0.25, -0.2) is 0 Å². The summed E-state index contributed by atoms with van der Waals surface area (Å²) in [5.41, 5.74) is -1.12. The van der Waals surface area contributed by atoms with Crippen LogP contribution in [0.3, 0.4) is 0 Å². The van der Waals surface area contributed by atoms with Crippen molar-refractivity contribution in [2.75, 3.05) is 26.2 Å². The molecule has 0 radical (unpaired) electrons. The smallest absolute Gasteiger partial charge is 0.319 e. The van der Waals surface area contributed by atoms with Crippen LogP contribution in [-0.4, -0.2) is 48.1 Å². The molecule has 0 atom stereocenters. The Kier molecular flexibility index (Phi) is 4.22. The van der Waals surface area contributed by atoms with Gasteiger partial charge in [-0.05, 0) is 51.7 Å². The number of carbonyl (C=O) groups excluding carboxylic acids is 1. The molecule has 1 heterocycles. The van der Waals surface area contributed by atoms with Crippen LogP contribution in [0.25, 0.3) is 0 Å². The summed E-state index contributed by atoms with van der Waals surface area (Å²) < 4.78 is 0. The lowest BCUT2D eigenvalue weighted by atomic mass is 9.68. The Morgan fingerprint density at radius 3 is 2.33 bits per heavy atom. The third-order valence-corrected chi connectivity index (χ3v) is 4.19. The number of rotatable bonds is 6. The topological polar surface area (TPSA) is 69.6 Å². The summed E-state index contributed by atoms with van der Waals surface area (Å²) in [5, 5.41) is 11.9. The van der Waals surface area contributed by atoms with Gasteiger partial charge in [0.15, 0.2) is 0 Å². The molecule has 102 valence electrons. The van der Waals surface area contributed by atoms with Crippen LogP contribution < -0.4 is 5.32 Å². The predicted octanol–water partition coefficient (Wildman–Crippen LogP) is 0.843. The van der Waals surface area contributed by atoms with Crippen LogP contribution in [0.4, 0.5) is 0 Å². The molecule has 0 unspecified atom stereocenters. The average molecular weight is 254 g/mol. The van der Waals surface area contributed by atoms with E-state index in [1.54, 1.807) is 0 Å². The SMILES string of the molecule is O=C(O)C1(C(=O)NCCCN2CCCC2)CCC1. The summed E-state index contributed by atoms with van der Waals surface area (Å²) in [5.74, 6) is -1.26. The van der Waals surface area contributed by atoms with Crippen molar-refractivity contribution in [3.05, 3.63) is 0 Å². The van der Waals surface area contributed by atoms with E-state index >= 15 is 0 Å². The molecule has 0 bridgehead atoms. The van der Waals surface area contributed by atoms with Gasteiger partial charge in [0.1, 0.15) is 5.41 Å². The van der Waals surface area contributed by atoms with Gasteiger partial charge >= 0.3 is 5.97 Å². The first-order valence-corrected chi connectivity index (χ1v) is 6.89. The lowest BCUT2D eigenvalue weighted by Crippen LogP contribution is -2.51. The fourth-order valence-electron chi connectivity index (χ4n) is 2.75. The first kappa shape index (κ1) is 13.3. The van der Waals surface area contributed by atoms with E-state index in [4.69, 9.17) is 5.11 Å². The fourth-order valence-corrected chi connectivity index (χ4v) is 2.75. The third kappa shape index (κ3) is 2.66. The van der Waals surface area contributed by atoms with E-state index < -0.39 is 11.4 Å². The van der Waals surface area contributed by atoms with Crippen molar-refractivity contribution in [1.82, 2.24) is 10.2 Å². The monoisotopic (exact) mass is 254 g/mol. The summed E-state index contributed by atoms with van der Waals surface area (Å²) in [6, 6.07) is 0. The molecule has 2 fully saturated rings. The molecule has 2 rings (SSSR count). The molecule has 0 aromatic carbocycles. The maximum Gasteiger partial charge on any atom is 0.319 e. The van der Waals surface area contributed by atoms with Gasteiger partial charge in [0.05, 0.1) is 0 Å². The second-order valence-electron chi connectivity index (χ2n) is 5.40. The number of amides is 1. The van der Waals surface area contributed by atoms with E-state index in [-0.39, 0.29) is 5.91 Å². The Balaban J connectivity index is 1.66. The van der Waals surface area contributed by atoms with Gasteiger partial charge in [-0.15, -0.1) is 0 Å². The molecular formula is C13H22N2O3. The number of hydrogen-bond donors (Lipinski definition) is 2. The number of nitrogens with one attached hydrogen (secondary N) is 1. The molecule has 0 spiro atoms. The van der Waals surface area contributed by atoms with Crippen molar-refractivity contribution >= 4 is 11.9 Å². The van der Waals surface area contributed by atoms with Gasteiger partial charge in [-0.2, -0.15) is 0 Å². The van der Waals surface area contributed by atoms with E-state index in [0.717, 1.165) is 32.5 Å². The maximum absolute atomic E-state index is 11.9. The van der Waals surface area contributed by atoms with Gasteiger partial charge in [0, 0.05) is 6.54 Å². The number of carboxylic acid groups (broad SMARTS) is 1. The zero-order valence-corrected chi connectivity index (χ0v) is 10.8. The van der Waals surface area contributed by atoms with Gasteiger partial charge in [0.2, 0.25) is 5.91 Å². The van der Waals surface area contributed by atoms with Crippen LogP contribution >= 0.6 is 0 Å². The highest BCUT2D eigenvalue weighted by molar-refractivity contribution is 6.02. The second-order valence-corrected chi connectivity index (χ2v) is 5.40. The van der Waals surface area contributed by atoms with Gasteiger partial charge in [0.25, 0.3) is 0 Å². The van der Waals surface area contributed by atoms with Crippen LogP contribution in [0.5, 0.6) is 0 Å². The van der Waals surface area contributed by atoms with E-state index in [1.807, 2.05) is 0 Å². The zero-order valence-electron chi connectivity index (χ0n) is 10.8. The van der Waals surface area contributed by atoms with Crippen molar-refractivity contribution in [2.45, 2.75) is 38.5 Å². The molecule has 0 aromatic rings. The van der Waals surface area contributed by atoms with E-state index in [0.29, 0.717) is 19.4 Å². The minimum atomic E-state index is -1.12. The summed E-state index contributed by atoms with van der Waals surface area (Å²) >= 11 is 0. The highest BCUT2D eigenvalue weighted by Crippen LogP contribution is 2.41. The number of hydrogen-bond acceptors (Lipinski definition) is 3. The van der Waals surface area contributed by atoms with Crippen LogP contribution in [0.15, 0.2) is 0 Å². The highest BCUT2D eigenvalue weighted by atomic mass is 16.4. The minimum absolute atomic E-state index is 0.289. The zero-order chi connectivity index (χ0) is 13.0. The first-order chi connectivity index (χ1) is 8.65. The Morgan fingerprint density at radius 2 is 1.83 bits per heavy atom. The molecule has 18 heavy (non-hydrogen) atoms. The quantitative estimate of drug-likeness (QED) is 0.544. The first-order valence-electron chi connectivity index (χ1n) is 6.89. The van der Waals surface area contributed by atoms with Crippen LogP contribution in [0.2, 0.25) is 0 Å². The normalized spacial score (nSPS) is 22.4. The Labute approximate surface area is 108 Å². The van der Waals surface area contributed by atoms with E-state index in [2.05, 4.69) is 10.2 Å². The molecule has 2 aliphatic rings. The molecule has 0 aromatic heterocycles. The van der Waals surface area contributed by atoms with Gasteiger partial charge in [-0.3, -0.25) is 9.59 Å². The lowest BCUT2D eigenvalue weighted by Gasteiger charge is -2.35. The Hall–Kier alpha value is -1.10. The third-order valence-electron chi connectivity index (χ3n) is 4.19. The number of aliphatic carboxylic acids is 1. The maximum atomic E-state index is 11.9. The summed E-state index contributed by atoms with van der Waals surface area (Å²) in [6.07, 6.45) is 5.26. The van der Waals surface area contributed by atoms with Crippen molar-refractivity contribution in [2.24, 2.45) is 5.41 Å². The van der Waals surface area contributed by atoms with Gasteiger partial charge in [-0.1, -0.05) is 6.42 Å². The van der Waals surface area contributed by atoms with E-state index in [1.165, 1.54) is 12.8 Å². The average Bonchev–Trinajstić information content (AvgIpc) is 2.75. The van der Waals surface area contributed by atoms with Crippen molar-refractivity contribution < 1.29 is 14.7 Å². The molecule has 1 saturated heterocycles.